The fourth-order valence-electron chi connectivity index (χ4n) is 5.24. The molecule has 4 heteroatoms. The maximum absolute atomic E-state index is 6.80. The summed E-state index contributed by atoms with van der Waals surface area (Å²) in [7, 11) is 0. The average molecular weight is 496 g/mol. The number of hydrogen-bond acceptors (Lipinski definition) is 4. The van der Waals surface area contributed by atoms with Crippen molar-refractivity contribution in [3.63, 3.8) is 0 Å². The SMILES string of the molecule is Cc1ccc2cccc(O[C@]3(Oc4ccc(-c5ccccc5)cc4)Oc4cccc5ccc(C)c3c45)c2n1. The lowest BCUT2D eigenvalue weighted by molar-refractivity contribution is -0.256. The molecule has 1 atom stereocenters. The Hall–Kier alpha value is -4.83. The zero-order chi connectivity index (χ0) is 25.7. The van der Waals surface area contributed by atoms with E-state index in [1.54, 1.807) is 0 Å². The first-order valence-corrected chi connectivity index (χ1v) is 12.7. The van der Waals surface area contributed by atoms with Crippen molar-refractivity contribution in [1.82, 2.24) is 4.98 Å². The minimum Gasteiger partial charge on any atom is -0.417 e. The number of para-hydroxylation sites is 1. The molecule has 0 bridgehead atoms. The maximum Gasteiger partial charge on any atom is 0.448 e. The van der Waals surface area contributed by atoms with E-state index in [4.69, 9.17) is 19.2 Å². The van der Waals surface area contributed by atoms with Gasteiger partial charge in [0.15, 0.2) is 5.75 Å². The van der Waals surface area contributed by atoms with Crippen molar-refractivity contribution < 1.29 is 14.2 Å². The average Bonchev–Trinajstić information content (AvgIpc) is 3.27. The highest BCUT2D eigenvalue weighted by Crippen LogP contribution is 2.48. The molecule has 4 nitrogen and oxygen atoms in total. The van der Waals surface area contributed by atoms with Crippen molar-refractivity contribution in [1.29, 1.82) is 0 Å². The first-order chi connectivity index (χ1) is 18.6. The molecular weight excluding hydrogens is 470 g/mol. The van der Waals surface area contributed by atoms with Gasteiger partial charge in [-0.05, 0) is 66.3 Å². The van der Waals surface area contributed by atoms with Gasteiger partial charge in [0.1, 0.15) is 17.0 Å². The Bertz CT molecular complexity index is 1810. The van der Waals surface area contributed by atoms with Gasteiger partial charge in [-0.25, -0.2) is 4.98 Å². The topological polar surface area (TPSA) is 40.6 Å². The summed E-state index contributed by atoms with van der Waals surface area (Å²) < 4.78 is 20.1. The van der Waals surface area contributed by atoms with Gasteiger partial charge in [0.2, 0.25) is 0 Å². The van der Waals surface area contributed by atoms with Gasteiger partial charge in [-0.1, -0.05) is 84.9 Å². The van der Waals surface area contributed by atoms with Crippen LogP contribution in [0, 0.1) is 13.8 Å². The predicted octanol–water partition coefficient (Wildman–Crippen LogP) is 8.33. The van der Waals surface area contributed by atoms with Crippen LogP contribution < -0.4 is 14.2 Å². The molecule has 1 aromatic heterocycles. The Kier molecular flexibility index (Phi) is 5.08. The second-order valence-electron chi connectivity index (χ2n) is 9.64. The second kappa shape index (κ2) is 8.63. The van der Waals surface area contributed by atoms with Gasteiger partial charge < -0.3 is 14.2 Å². The third-order valence-corrected chi connectivity index (χ3v) is 7.05. The van der Waals surface area contributed by atoms with Crippen LogP contribution >= 0.6 is 0 Å². The molecule has 184 valence electrons. The Balaban J connectivity index is 1.38. The Morgan fingerprint density at radius 3 is 2.21 bits per heavy atom. The van der Waals surface area contributed by atoms with E-state index in [2.05, 4.69) is 55.5 Å². The van der Waals surface area contributed by atoms with Crippen LogP contribution in [-0.2, 0) is 5.97 Å². The largest absolute Gasteiger partial charge is 0.448 e. The Labute approximate surface area is 221 Å². The van der Waals surface area contributed by atoms with Crippen LogP contribution in [0.3, 0.4) is 0 Å². The molecule has 38 heavy (non-hydrogen) atoms. The fourth-order valence-corrected chi connectivity index (χ4v) is 5.24. The minimum absolute atomic E-state index is 0.594. The molecule has 1 aliphatic heterocycles. The van der Waals surface area contributed by atoms with Crippen molar-refractivity contribution in [2.24, 2.45) is 0 Å². The maximum atomic E-state index is 6.80. The summed E-state index contributed by atoms with van der Waals surface area (Å²) in [6.07, 6.45) is 0. The van der Waals surface area contributed by atoms with E-state index >= 15 is 0 Å². The molecule has 2 heterocycles. The van der Waals surface area contributed by atoms with E-state index < -0.39 is 5.97 Å². The summed E-state index contributed by atoms with van der Waals surface area (Å²) in [5, 5.41) is 3.06. The number of hydrogen-bond donors (Lipinski definition) is 0. The molecule has 0 unspecified atom stereocenters. The molecule has 0 N–H and O–H groups in total. The molecule has 0 spiro atoms. The first kappa shape index (κ1) is 22.4. The summed E-state index contributed by atoms with van der Waals surface area (Å²) >= 11 is 0. The van der Waals surface area contributed by atoms with Gasteiger partial charge in [0.05, 0.1) is 5.56 Å². The van der Waals surface area contributed by atoms with E-state index in [0.29, 0.717) is 11.5 Å². The predicted molar refractivity (Wildman–Crippen MR) is 151 cm³/mol. The van der Waals surface area contributed by atoms with E-state index in [1.165, 1.54) is 0 Å². The number of pyridine rings is 1. The van der Waals surface area contributed by atoms with E-state index in [1.807, 2.05) is 73.7 Å². The quantitative estimate of drug-likeness (QED) is 0.225. The van der Waals surface area contributed by atoms with Crippen molar-refractivity contribution in [3.05, 3.63) is 132 Å². The number of nitrogens with zero attached hydrogens (tertiary/aromatic N) is 1. The van der Waals surface area contributed by atoms with Gasteiger partial charge in [0, 0.05) is 16.5 Å². The molecule has 5 aromatic carbocycles. The number of fused-ring (bicyclic) bond motifs is 1. The highest BCUT2D eigenvalue weighted by molar-refractivity contribution is 5.94. The third-order valence-electron chi connectivity index (χ3n) is 7.05. The molecule has 7 rings (SSSR count). The summed E-state index contributed by atoms with van der Waals surface area (Å²) in [5.41, 5.74) is 5.81. The lowest BCUT2D eigenvalue weighted by Crippen LogP contribution is -2.43. The van der Waals surface area contributed by atoms with Gasteiger partial charge in [-0.2, -0.15) is 0 Å². The Morgan fingerprint density at radius 1 is 0.632 bits per heavy atom. The van der Waals surface area contributed by atoms with Crippen LogP contribution in [-0.4, -0.2) is 4.98 Å². The zero-order valence-corrected chi connectivity index (χ0v) is 21.1. The monoisotopic (exact) mass is 495 g/mol. The molecule has 0 amide bonds. The first-order valence-electron chi connectivity index (χ1n) is 12.7. The molecule has 6 aromatic rings. The smallest absolute Gasteiger partial charge is 0.417 e. The van der Waals surface area contributed by atoms with Gasteiger partial charge >= 0.3 is 5.97 Å². The van der Waals surface area contributed by atoms with Gasteiger partial charge in [-0.15, -0.1) is 0 Å². The van der Waals surface area contributed by atoms with Crippen molar-refractivity contribution in [2.45, 2.75) is 19.8 Å². The lowest BCUT2D eigenvalue weighted by Gasteiger charge is -2.31. The van der Waals surface area contributed by atoms with Crippen LogP contribution in [0.15, 0.2) is 115 Å². The number of aromatic nitrogens is 1. The highest BCUT2D eigenvalue weighted by Gasteiger charge is 2.49. The van der Waals surface area contributed by atoms with Crippen LogP contribution in [0.4, 0.5) is 0 Å². The zero-order valence-electron chi connectivity index (χ0n) is 21.1. The minimum atomic E-state index is -1.53. The molecule has 0 saturated heterocycles. The van der Waals surface area contributed by atoms with Crippen molar-refractivity contribution in [3.8, 4) is 28.4 Å². The summed E-state index contributed by atoms with van der Waals surface area (Å²) in [6.45, 7) is 4.04. The summed E-state index contributed by atoms with van der Waals surface area (Å²) in [5.74, 6) is 0.433. The van der Waals surface area contributed by atoms with Gasteiger partial charge in [-0.3, -0.25) is 0 Å². The van der Waals surface area contributed by atoms with E-state index in [0.717, 1.165) is 55.4 Å². The van der Waals surface area contributed by atoms with E-state index in [-0.39, 0.29) is 0 Å². The second-order valence-corrected chi connectivity index (χ2v) is 9.64. The third kappa shape index (κ3) is 3.65. The van der Waals surface area contributed by atoms with Crippen LogP contribution in [0.25, 0.3) is 32.8 Å². The van der Waals surface area contributed by atoms with Crippen molar-refractivity contribution >= 4 is 21.7 Å². The normalized spacial score (nSPS) is 15.9. The standard InChI is InChI=1S/C34H25NO3/c1-22-14-16-26-10-6-12-29-31(26)32(22)34(37-29,38-30-13-7-11-27-17-15-23(2)35-33(27)30)36-28-20-18-25(19-21-28)24-8-4-3-5-9-24/h3-21H,1-2H3/t34-/m1/s1. The fraction of sp³-hybridized carbons (Fsp3) is 0.0882. The number of rotatable bonds is 5. The lowest BCUT2D eigenvalue weighted by atomic mass is 9.99. The van der Waals surface area contributed by atoms with Crippen LogP contribution in [0.5, 0.6) is 17.2 Å². The highest BCUT2D eigenvalue weighted by atomic mass is 16.9. The molecule has 0 saturated carbocycles. The summed E-state index contributed by atoms with van der Waals surface area (Å²) in [4.78, 5) is 4.79. The molecule has 0 fully saturated rings. The molecule has 0 aliphatic carbocycles. The Morgan fingerprint density at radius 2 is 1.37 bits per heavy atom. The number of aryl methyl sites for hydroxylation is 2. The molecule has 1 aliphatic rings. The van der Waals surface area contributed by atoms with E-state index in [9.17, 15) is 0 Å². The van der Waals surface area contributed by atoms with Crippen LogP contribution in [0.1, 0.15) is 16.8 Å². The number of ether oxygens (including phenoxy) is 3. The summed E-state index contributed by atoms with van der Waals surface area (Å²) in [6, 6.07) is 38.5. The molecular formula is C34H25NO3. The van der Waals surface area contributed by atoms with Crippen LogP contribution in [0.2, 0.25) is 0 Å². The number of benzene rings is 5. The van der Waals surface area contributed by atoms with Gasteiger partial charge in [0.25, 0.3) is 0 Å². The molecule has 0 radical (unpaired) electrons. The van der Waals surface area contributed by atoms with Crippen molar-refractivity contribution in [2.75, 3.05) is 0 Å².